The van der Waals surface area contributed by atoms with Crippen LogP contribution >= 0.6 is 0 Å². The van der Waals surface area contributed by atoms with Crippen molar-refractivity contribution in [1.82, 2.24) is 9.62 Å². The van der Waals surface area contributed by atoms with E-state index in [1.807, 2.05) is 61.5 Å². The third-order valence-corrected chi connectivity index (χ3v) is 8.85. The van der Waals surface area contributed by atoms with Crippen LogP contribution in [0.15, 0.2) is 83.8 Å². The highest BCUT2D eigenvalue weighted by atomic mass is 32.2. The van der Waals surface area contributed by atoms with Gasteiger partial charge < -0.3 is 10.1 Å². The van der Waals surface area contributed by atoms with Gasteiger partial charge in [0.1, 0.15) is 5.75 Å². The number of aryl methyl sites for hydroxylation is 1. The highest BCUT2D eigenvalue weighted by Gasteiger charge is 2.30. The van der Waals surface area contributed by atoms with Crippen LogP contribution in [0.25, 0.3) is 0 Å². The van der Waals surface area contributed by atoms with Crippen molar-refractivity contribution in [3.05, 3.63) is 95.6 Å². The first-order valence-corrected chi connectivity index (χ1v) is 14.3. The molecule has 0 unspecified atom stereocenters. The normalized spacial score (nSPS) is 17.9. The monoisotopic (exact) mass is 520 g/mol. The van der Waals surface area contributed by atoms with E-state index in [9.17, 15) is 13.2 Å². The second kappa shape index (κ2) is 12.4. The Morgan fingerprint density at radius 2 is 1.62 bits per heavy atom. The van der Waals surface area contributed by atoms with E-state index in [1.165, 1.54) is 12.7 Å². The lowest BCUT2D eigenvalue weighted by Gasteiger charge is -2.33. The molecular formula is C30H36N2O4S. The van der Waals surface area contributed by atoms with Crippen molar-refractivity contribution in [2.24, 2.45) is 5.92 Å². The Labute approximate surface area is 220 Å². The second-order valence-electron chi connectivity index (χ2n) is 9.91. The standard InChI is InChI=1S/C30H36N2O4S/c1-23-11-13-24(14-12-23)19-30(33)31-27-17-15-26(16-18-27)22-32(21-25-7-4-3-5-8-25)37(34,35)29-10-6-9-28(20-29)36-2/h3-14,20,26-27H,15-19,21-22H2,1-2H3,(H,31,33). The van der Waals surface area contributed by atoms with Crippen molar-refractivity contribution in [2.45, 2.75) is 56.5 Å². The largest absolute Gasteiger partial charge is 0.497 e. The summed E-state index contributed by atoms with van der Waals surface area (Å²) in [5, 5.41) is 3.18. The summed E-state index contributed by atoms with van der Waals surface area (Å²) in [6.07, 6.45) is 3.82. The molecule has 3 aromatic rings. The highest BCUT2D eigenvalue weighted by molar-refractivity contribution is 7.89. The quantitative estimate of drug-likeness (QED) is 0.403. The Bertz CT molecular complexity index is 1270. The van der Waals surface area contributed by atoms with Gasteiger partial charge >= 0.3 is 0 Å². The Morgan fingerprint density at radius 1 is 0.919 bits per heavy atom. The maximum atomic E-state index is 13.7. The van der Waals surface area contributed by atoms with Crippen molar-refractivity contribution in [2.75, 3.05) is 13.7 Å². The van der Waals surface area contributed by atoms with Gasteiger partial charge in [0.15, 0.2) is 0 Å². The minimum atomic E-state index is -3.72. The molecule has 196 valence electrons. The molecule has 3 aromatic carbocycles. The molecule has 1 N–H and O–H groups in total. The van der Waals surface area contributed by atoms with Crippen LogP contribution in [0.4, 0.5) is 0 Å². The summed E-state index contributed by atoms with van der Waals surface area (Å²) in [5.74, 6) is 0.788. The van der Waals surface area contributed by atoms with E-state index in [1.54, 1.807) is 28.6 Å². The zero-order valence-corrected chi connectivity index (χ0v) is 22.4. The number of amides is 1. The Hall–Kier alpha value is -3.16. The number of hydrogen-bond donors (Lipinski definition) is 1. The van der Waals surface area contributed by atoms with Crippen LogP contribution < -0.4 is 10.1 Å². The summed E-state index contributed by atoms with van der Waals surface area (Å²) in [5.41, 5.74) is 3.14. The topological polar surface area (TPSA) is 75.7 Å². The summed E-state index contributed by atoms with van der Waals surface area (Å²) >= 11 is 0. The number of benzene rings is 3. The number of nitrogens with one attached hydrogen (secondary N) is 1. The SMILES string of the molecule is COc1cccc(S(=O)(=O)N(Cc2ccccc2)CC2CCC(NC(=O)Cc3ccc(C)cc3)CC2)c1. The van der Waals surface area contributed by atoms with Crippen LogP contribution in [0, 0.1) is 12.8 Å². The fourth-order valence-corrected chi connectivity index (χ4v) is 6.43. The maximum Gasteiger partial charge on any atom is 0.243 e. The molecule has 0 spiro atoms. The number of methoxy groups -OCH3 is 1. The van der Waals surface area contributed by atoms with Gasteiger partial charge in [0.2, 0.25) is 15.9 Å². The van der Waals surface area contributed by atoms with E-state index in [0.717, 1.165) is 36.8 Å². The molecule has 7 heteroatoms. The molecule has 1 aliphatic carbocycles. The smallest absolute Gasteiger partial charge is 0.243 e. The van der Waals surface area contributed by atoms with Gasteiger partial charge in [0.05, 0.1) is 18.4 Å². The minimum absolute atomic E-state index is 0.0404. The van der Waals surface area contributed by atoms with Crippen molar-refractivity contribution in [3.8, 4) is 5.75 Å². The van der Waals surface area contributed by atoms with Crippen molar-refractivity contribution < 1.29 is 17.9 Å². The fraction of sp³-hybridized carbons (Fsp3) is 0.367. The summed E-state index contributed by atoms with van der Waals surface area (Å²) in [7, 11) is -2.18. The number of nitrogens with zero attached hydrogens (tertiary/aromatic N) is 1. The van der Waals surface area contributed by atoms with Gasteiger partial charge in [-0.25, -0.2) is 8.42 Å². The lowest BCUT2D eigenvalue weighted by molar-refractivity contribution is -0.121. The molecule has 0 radical (unpaired) electrons. The first-order valence-electron chi connectivity index (χ1n) is 12.9. The molecule has 37 heavy (non-hydrogen) atoms. The van der Waals surface area contributed by atoms with E-state index in [0.29, 0.717) is 25.3 Å². The van der Waals surface area contributed by atoms with Gasteiger partial charge in [-0.3, -0.25) is 4.79 Å². The Morgan fingerprint density at radius 3 is 2.30 bits per heavy atom. The average molecular weight is 521 g/mol. The number of carbonyl (C=O) groups is 1. The molecule has 0 atom stereocenters. The van der Waals surface area contributed by atoms with Crippen molar-refractivity contribution >= 4 is 15.9 Å². The minimum Gasteiger partial charge on any atom is -0.497 e. The van der Waals surface area contributed by atoms with Gasteiger partial charge in [-0.05, 0) is 61.8 Å². The third-order valence-electron chi connectivity index (χ3n) is 7.04. The maximum absolute atomic E-state index is 13.7. The summed E-state index contributed by atoms with van der Waals surface area (Å²) in [6, 6.07) is 24.5. The Balaban J connectivity index is 1.39. The number of sulfonamides is 1. The lowest BCUT2D eigenvalue weighted by atomic mass is 9.86. The lowest BCUT2D eigenvalue weighted by Crippen LogP contribution is -2.41. The van der Waals surface area contributed by atoms with Gasteiger partial charge in [-0.2, -0.15) is 4.31 Å². The number of rotatable bonds is 10. The molecule has 4 rings (SSSR count). The fourth-order valence-electron chi connectivity index (χ4n) is 4.89. The van der Waals surface area contributed by atoms with E-state index in [-0.39, 0.29) is 22.8 Å². The van der Waals surface area contributed by atoms with Crippen molar-refractivity contribution in [1.29, 1.82) is 0 Å². The van der Waals surface area contributed by atoms with E-state index in [4.69, 9.17) is 4.74 Å². The number of ether oxygens (including phenoxy) is 1. The molecular weight excluding hydrogens is 484 g/mol. The van der Waals surface area contributed by atoms with Crippen LogP contribution in [-0.2, 0) is 27.8 Å². The zero-order chi connectivity index (χ0) is 26.3. The average Bonchev–Trinajstić information content (AvgIpc) is 2.91. The molecule has 0 heterocycles. The first kappa shape index (κ1) is 26.9. The summed E-state index contributed by atoms with van der Waals surface area (Å²) < 4.78 is 34.3. The number of hydrogen-bond acceptors (Lipinski definition) is 4. The van der Waals surface area contributed by atoms with Crippen LogP contribution in [-0.4, -0.2) is 38.3 Å². The molecule has 1 amide bonds. The van der Waals surface area contributed by atoms with Gasteiger partial charge in [-0.1, -0.05) is 66.2 Å². The molecule has 0 aromatic heterocycles. The van der Waals surface area contributed by atoms with E-state index in [2.05, 4.69) is 5.32 Å². The molecule has 1 fully saturated rings. The van der Waals surface area contributed by atoms with Crippen LogP contribution in [0.5, 0.6) is 5.75 Å². The zero-order valence-electron chi connectivity index (χ0n) is 21.6. The van der Waals surface area contributed by atoms with Crippen LogP contribution in [0.3, 0.4) is 0 Å². The number of carbonyl (C=O) groups excluding carboxylic acids is 1. The third kappa shape index (κ3) is 7.43. The second-order valence-corrected chi connectivity index (χ2v) is 11.8. The molecule has 6 nitrogen and oxygen atoms in total. The molecule has 0 aliphatic heterocycles. The van der Waals surface area contributed by atoms with Crippen molar-refractivity contribution in [3.63, 3.8) is 0 Å². The summed E-state index contributed by atoms with van der Waals surface area (Å²) in [4.78, 5) is 12.8. The van der Waals surface area contributed by atoms with Gasteiger partial charge in [0, 0.05) is 25.2 Å². The van der Waals surface area contributed by atoms with Gasteiger partial charge in [0.25, 0.3) is 0 Å². The molecule has 0 saturated heterocycles. The Kier molecular flexibility index (Phi) is 9.00. The van der Waals surface area contributed by atoms with E-state index >= 15 is 0 Å². The van der Waals surface area contributed by atoms with Gasteiger partial charge in [-0.15, -0.1) is 0 Å². The van der Waals surface area contributed by atoms with Crippen LogP contribution in [0.2, 0.25) is 0 Å². The summed E-state index contributed by atoms with van der Waals surface area (Å²) in [6.45, 7) is 2.79. The van der Waals surface area contributed by atoms with Crippen LogP contribution in [0.1, 0.15) is 42.4 Å². The van der Waals surface area contributed by atoms with E-state index < -0.39 is 10.0 Å². The predicted molar refractivity (Wildman–Crippen MR) is 146 cm³/mol. The predicted octanol–water partition coefficient (Wildman–Crippen LogP) is 5.11. The molecule has 1 aliphatic rings. The first-order chi connectivity index (χ1) is 17.8. The highest BCUT2D eigenvalue weighted by Crippen LogP contribution is 2.29. The molecule has 1 saturated carbocycles. The molecule has 0 bridgehead atoms.